The van der Waals surface area contributed by atoms with E-state index in [0.29, 0.717) is 0 Å². The monoisotopic (exact) mass is 269 g/mol. The van der Waals surface area contributed by atoms with E-state index < -0.39 is 23.2 Å². The van der Waals surface area contributed by atoms with Crippen LogP contribution in [0.25, 0.3) is 0 Å². The predicted molar refractivity (Wildman–Crippen MR) is 61.3 cm³/mol. The molecule has 1 atom stereocenters. The summed E-state index contributed by atoms with van der Waals surface area (Å²) >= 11 is 0. The molecular weight excluding hydrogens is 257 g/mol. The molecule has 6 nitrogen and oxygen atoms in total. The Bertz CT molecular complexity index is 525. The van der Waals surface area contributed by atoms with Crippen LogP contribution in [0.1, 0.15) is 16.8 Å². The summed E-state index contributed by atoms with van der Waals surface area (Å²) in [5, 5.41) is 20.5. The van der Waals surface area contributed by atoms with E-state index in [1.54, 1.807) is 0 Å². The molecule has 3 N–H and O–H groups in total. The number of carboxylic acid groups (broad SMARTS) is 1. The number of phenolic OH excluding ortho intramolecular Hbond substituents is 1. The molecule has 1 amide bonds. The van der Waals surface area contributed by atoms with Gasteiger partial charge in [-0.2, -0.15) is 0 Å². The fraction of sp³-hybridized carbons (Fsp3) is 0.333. The van der Waals surface area contributed by atoms with Gasteiger partial charge in [0.2, 0.25) is 0 Å². The van der Waals surface area contributed by atoms with Crippen LogP contribution in [0.15, 0.2) is 18.2 Å². The number of ether oxygens (including phenoxy) is 1. The molecule has 0 aliphatic carbocycles. The van der Waals surface area contributed by atoms with Gasteiger partial charge in [0.25, 0.3) is 5.91 Å². The zero-order chi connectivity index (χ0) is 14.0. The zero-order valence-electron chi connectivity index (χ0n) is 9.85. The van der Waals surface area contributed by atoms with Crippen LogP contribution in [0.4, 0.5) is 4.39 Å². The van der Waals surface area contributed by atoms with E-state index in [1.807, 2.05) is 0 Å². The molecular formula is C12H12FNO5. The van der Waals surface area contributed by atoms with E-state index in [2.05, 4.69) is 5.32 Å². The highest BCUT2D eigenvalue weighted by Crippen LogP contribution is 2.21. The Morgan fingerprint density at radius 2 is 2.16 bits per heavy atom. The molecule has 1 saturated heterocycles. The maximum Gasteiger partial charge on any atom is 0.331 e. The highest BCUT2D eigenvalue weighted by molar-refractivity contribution is 5.98. The maximum atomic E-state index is 13.5. The van der Waals surface area contributed by atoms with Crippen molar-refractivity contribution < 1.29 is 28.9 Å². The summed E-state index contributed by atoms with van der Waals surface area (Å²) in [5.41, 5.74) is -1.85. The first kappa shape index (κ1) is 13.3. The third-order valence-corrected chi connectivity index (χ3v) is 2.98. The molecule has 7 heteroatoms. The number of benzene rings is 1. The van der Waals surface area contributed by atoms with Crippen LogP contribution in [0.5, 0.6) is 5.75 Å². The Morgan fingerprint density at radius 1 is 1.42 bits per heavy atom. The van der Waals surface area contributed by atoms with Gasteiger partial charge in [0.15, 0.2) is 5.54 Å². The summed E-state index contributed by atoms with van der Waals surface area (Å²) in [6.45, 7) is 0.0540. The number of nitrogens with one attached hydrogen (secondary N) is 1. The van der Waals surface area contributed by atoms with Gasteiger partial charge < -0.3 is 20.3 Å². The number of hydrogen-bond acceptors (Lipinski definition) is 4. The molecule has 0 radical (unpaired) electrons. The summed E-state index contributed by atoms with van der Waals surface area (Å²) in [4.78, 5) is 23.1. The van der Waals surface area contributed by atoms with Gasteiger partial charge in [-0.25, -0.2) is 9.18 Å². The second kappa shape index (κ2) is 4.85. The number of carbonyl (C=O) groups excluding carboxylic acids is 1. The Labute approximate surface area is 107 Å². The van der Waals surface area contributed by atoms with Crippen molar-refractivity contribution in [2.24, 2.45) is 0 Å². The minimum Gasteiger partial charge on any atom is -0.508 e. The van der Waals surface area contributed by atoms with Crippen LogP contribution >= 0.6 is 0 Å². The summed E-state index contributed by atoms with van der Waals surface area (Å²) in [5.74, 6) is -3.31. The van der Waals surface area contributed by atoms with Gasteiger partial charge in [-0.15, -0.1) is 0 Å². The van der Waals surface area contributed by atoms with Gasteiger partial charge in [-0.1, -0.05) is 0 Å². The summed E-state index contributed by atoms with van der Waals surface area (Å²) < 4.78 is 18.5. The predicted octanol–water partition coefficient (Wildman–Crippen LogP) is 0.505. The Hall–Kier alpha value is -2.15. The van der Waals surface area contributed by atoms with Crippen LogP contribution in [0.3, 0.4) is 0 Å². The molecule has 0 saturated carbocycles. The van der Waals surface area contributed by atoms with Crippen LogP contribution in [-0.4, -0.2) is 40.8 Å². The van der Waals surface area contributed by atoms with Crippen LogP contribution in [0.2, 0.25) is 0 Å². The number of hydrogen-bond donors (Lipinski definition) is 3. The first-order valence-electron chi connectivity index (χ1n) is 5.57. The second-order valence-electron chi connectivity index (χ2n) is 4.31. The van der Waals surface area contributed by atoms with Gasteiger partial charge in [-0.05, 0) is 12.1 Å². The topological polar surface area (TPSA) is 95.9 Å². The molecule has 2 rings (SSSR count). The van der Waals surface area contributed by atoms with E-state index in [9.17, 15) is 14.0 Å². The Balaban J connectivity index is 2.22. The fourth-order valence-corrected chi connectivity index (χ4v) is 1.86. The van der Waals surface area contributed by atoms with E-state index in [4.69, 9.17) is 14.9 Å². The normalized spacial score (nSPS) is 22.2. The largest absolute Gasteiger partial charge is 0.508 e. The number of amides is 1. The van der Waals surface area contributed by atoms with Crippen molar-refractivity contribution in [3.8, 4) is 5.75 Å². The minimum atomic E-state index is -1.53. The molecule has 1 unspecified atom stereocenters. The lowest BCUT2D eigenvalue weighted by Gasteiger charge is -2.23. The van der Waals surface area contributed by atoms with Gasteiger partial charge in [0.05, 0.1) is 12.2 Å². The van der Waals surface area contributed by atoms with Crippen LogP contribution < -0.4 is 5.32 Å². The zero-order valence-corrected chi connectivity index (χ0v) is 9.85. The SMILES string of the molecule is O=C(NC1(C(=O)O)CCOC1)c1ccc(O)cc1F. The minimum absolute atomic E-state index is 0.119. The number of carboxylic acids is 1. The highest BCUT2D eigenvalue weighted by atomic mass is 19.1. The van der Waals surface area contributed by atoms with Gasteiger partial charge in [0, 0.05) is 19.1 Å². The lowest BCUT2D eigenvalue weighted by molar-refractivity contribution is -0.144. The van der Waals surface area contributed by atoms with Crippen molar-refractivity contribution in [2.75, 3.05) is 13.2 Å². The molecule has 1 aliphatic rings. The number of aliphatic carboxylic acids is 1. The summed E-state index contributed by atoms with van der Waals surface area (Å²) in [6, 6.07) is 3.02. The lowest BCUT2D eigenvalue weighted by atomic mass is 9.98. The number of aromatic hydroxyl groups is 1. The van der Waals surface area contributed by atoms with Crippen molar-refractivity contribution in [1.82, 2.24) is 5.32 Å². The smallest absolute Gasteiger partial charge is 0.331 e. The van der Waals surface area contributed by atoms with Crippen LogP contribution in [-0.2, 0) is 9.53 Å². The molecule has 0 bridgehead atoms. The molecule has 1 heterocycles. The Kier molecular flexibility index (Phi) is 3.39. The lowest BCUT2D eigenvalue weighted by Crippen LogP contribution is -2.55. The molecule has 0 spiro atoms. The Morgan fingerprint density at radius 3 is 2.68 bits per heavy atom. The number of phenols is 1. The number of rotatable bonds is 3. The fourth-order valence-electron chi connectivity index (χ4n) is 1.86. The summed E-state index contributed by atoms with van der Waals surface area (Å²) in [6.07, 6.45) is 0.119. The van der Waals surface area contributed by atoms with Gasteiger partial charge >= 0.3 is 5.97 Å². The molecule has 0 aromatic heterocycles. The van der Waals surface area contributed by atoms with E-state index in [-0.39, 0.29) is 30.9 Å². The molecule has 19 heavy (non-hydrogen) atoms. The average molecular weight is 269 g/mol. The quantitative estimate of drug-likeness (QED) is 0.742. The van der Waals surface area contributed by atoms with E-state index in [0.717, 1.165) is 18.2 Å². The van der Waals surface area contributed by atoms with Crippen molar-refractivity contribution >= 4 is 11.9 Å². The molecule has 1 aromatic carbocycles. The number of carbonyl (C=O) groups is 2. The van der Waals surface area contributed by atoms with Crippen molar-refractivity contribution in [1.29, 1.82) is 0 Å². The van der Waals surface area contributed by atoms with E-state index in [1.165, 1.54) is 0 Å². The third-order valence-electron chi connectivity index (χ3n) is 2.98. The average Bonchev–Trinajstić information content (AvgIpc) is 2.78. The van der Waals surface area contributed by atoms with Crippen molar-refractivity contribution in [3.63, 3.8) is 0 Å². The first-order valence-corrected chi connectivity index (χ1v) is 5.57. The standard InChI is InChI=1S/C12H12FNO5/c13-9-5-7(15)1-2-8(9)10(16)14-12(11(17)18)3-4-19-6-12/h1-2,5,15H,3-4,6H2,(H,14,16)(H,17,18). The molecule has 1 aliphatic heterocycles. The van der Waals surface area contributed by atoms with Crippen molar-refractivity contribution in [2.45, 2.75) is 12.0 Å². The molecule has 1 fully saturated rings. The summed E-state index contributed by atoms with van der Waals surface area (Å²) in [7, 11) is 0. The van der Waals surface area contributed by atoms with E-state index >= 15 is 0 Å². The molecule has 102 valence electrons. The first-order chi connectivity index (χ1) is 8.94. The van der Waals surface area contributed by atoms with Crippen molar-refractivity contribution in [3.05, 3.63) is 29.6 Å². The maximum absolute atomic E-state index is 13.5. The van der Waals surface area contributed by atoms with Gasteiger partial charge in [0.1, 0.15) is 11.6 Å². The molecule has 1 aromatic rings. The third kappa shape index (κ3) is 2.50. The highest BCUT2D eigenvalue weighted by Gasteiger charge is 2.44. The second-order valence-corrected chi connectivity index (χ2v) is 4.31. The number of halogens is 1. The van der Waals surface area contributed by atoms with Crippen LogP contribution in [0, 0.1) is 5.82 Å². The van der Waals surface area contributed by atoms with Gasteiger partial charge in [-0.3, -0.25) is 4.79 Å².